The molecule has 37 heavy (non-hydrogen) atoms. The highest BCUT2D eigenvalue weighted by Crippen LogP contribution is 2.27. The molecule has 0 spiro atoms. The molecule has 2 rings (SSSR count). The molecule has 1 heterocycles. The van der Waals surface area contributed by atoms with Crippen LogP contribution in [0.3, 0.4) is 0 Å². The highest BCUT2D eigenvalue weighted by molar-refractivity contribution is 6.02. The number of aliphatic hydroxyl groups excluding tert-OH is 2. The summed E-state index contributed by atoms with van der Waals surface area (Å²) in [6, 6.07) is 5.46. The lowest BCUT2D eigenvalue weighted by atomic mass is 10.1. The van der Waals surface area contributed by atoms with Crippen LogP contribution in [-0.2, 0) is 35.0 Å². The molecule has 0 saturated carbocycles. The third kappa shape index (κ3) is 6.58. The van der Waals surface area contributed by atoms with Crippen LogP contribution in [0.15, 0.2) is 66.9 Å². The zero-order valence-corrected chi connectivity index (χ0v) is 20.9. The number of carbonyl (C=O) groups excluding carboxylic acids is 4. The number of rotatable bonds is 11. The summed E-state index contributed by atoms with van der Waals surface area (Å²) in [4.78, 5) is 50.1. The summed E-state index contributed by atoms with van der Waals surface area (Å²) < 4.78 is 16.5. The fourth-order valence-electron chi connectivity index (χ4n) is 3.13. The number of aliphatic hydroxyl groups is 2. The molecule has 0 radical (unpaired) electrons. The van der Waals surface area contributed by atoms with Gasteiger partial charge in [-0.2, -0.15) is 0 Å². The van der Waals surface area contributed by atoms with Gasteiger partial charge in [0, 0.05) is 34.7 Å². The highest BCUT2D eigenvalue weighted by Gasteiger charge is 2.52. The van der Waals surface area contributed by atoms with Crippen LogP contribution in [0.4, 0.5) is 0 Å². The molecular weight excluding hydrogens is 484 g/mol. The Morgan fingerprint density at radius 1 is 0.973 bits per heavy atom. The van der Waals surface area contributed by atoms with Crippen LogP contribution < -0.4 is 5.73 Å². The van der Waals surface area contributed by atoms with Gasteiger partial charge in [0.25, 0.3) is 5.91 Å². The lowest BCUT2D eigenvalue weighted by Gasteiger charge is -2.34. The van der Waals surface area contributed by atoms with Gasteiger partial charge in [-0.25, -0.2) is 9.59 Å². The molecule has 0 aliphatic heterocycles. The minimum absolute atomic E-state index is 0.163. The normalized spacial score (nSPS) is 12.8. The molecule has 0 saturated heterocycles. The van der Waals surface area contributed by atoms with E-state index in [-0.39, 0.29) is 29.0 Å². The topological polar surface area (TPSA) is 167 Å². The van der Waals surface area contributed by atoms with Crippen molar-refractivity contribution >= 4 is 34.7 Å². The van der Waals surface area contributed by atoms with Crippen LogP contribution in [-0.4, -0.2) is 63.3 Å². The van der Waals surface area contributed by atoms with Crippen molar-refractivity contribution < 1.29 is 43.6 Å². The Bertz CT molecular complexity index is 1250. The van der Waals surface area contributed by atoms with Crippen molar-refractivity contribution in [1.82, 2.24) is 4.57 Å². The number of hydrogen-bond acceptors (Lipinski definition) is 10. The quantitative estimate of drug-likeness (QED) is 0.227. The van der Waals surface area contributed by atoms with E-state index in [0.29, 0.717) is 16.5 Å². The van der Waals surface area contributed by atoms with E-state index in [1.54, 1.807) is 31.2 Å². The molecule has 2 unspecified atom stereocenters. The van der Waals surface area contributed by atoms with Gasteiger partial charge in [0.2, 0.25) is 0 Å². The van der Waals surface area contributed by atoms with Gasteiger partial charge in [0.1, 0.15) is 6.04 Å². The fourth-order valence-corrected chi connectivity index (χ4v) is 3.13. The molecular formula is C26H30N2O9. The smallest absolute Gasteiger partial charge is 0.393 e. The average Bonchev–Trinajstić information content (AvgIpc) is 3.20. The van der Waals surface area contributed by atoms with Gasteiger partial charge >= 0.3 is 23.9 Å². The van der Waals surface area contributed by atoms with Crippen LogP contribution >= 0.6 is 0 Å². The van der Waals surface area contributed by atoms with Crippen molar-refractivity contribution in [3.8, 4) is 0 Å². The van der Waals surface area contributed by atoms with Crippen LogP contribution in [0.2, 0.25) is 0 Å². The van der Waals surface area contributed by atoms with E-state index >= 15 is 0 Å². The number of allylic oxidation sites excluding steroid dienone is 1. The summed E-state index contributed by atoms with van der Waals surface area (Å²) in [5.74, 6) is -7.07. The van der Waals surface area contributed by atoms with Gasteiger partial charge in [-0.15, -0.1) is 0 Å². The number of carbonyl (C=O) groups is 4. The van der Waals surface area contributed by atoms with Crippen LogP contribution in [0.5, 0.6) is 0 Å². The molecule has 198 valence electrons. The van der Waals surface area contributed by atoms with Crippen molar-refractivity contribution in [2.24, 2.45) is 5.73 Å². The maximum absolute atomic E-state index is 13.0. The lowest BCUT2D eigenvalue weighted by Crippen LogP contribution is -2.57. The number of fused-ring (bicyclic) bond motifs is 1. The van der Waals surface area contributed by atoms with E-state index in [4.69, 9.17) is 19.9 Å². The van der Waals surface area contributed by atoms with Gasteiger partial charge < -0.3 is 30.2 Å². The molecule has 11 heteroatoms. The molecule has 11 nitrogen and oxygen atoms in total. The van der Waals surface area contributed by atoms with Crippen LogP contribution in [0.1, 0.15) is 31.1 Å². The molecule has 1 aromatic heterocycles. The Morgan fingerprint density at radius 3 is 2.00 bits per heavy atom. The highest BCUT2D eigenvalue weighted by atomic mass is 16.9. The Kier molecular flexibility index (Phi) is 9.29. The Morgan fingerprint density at radius 2 is 1.51 bits per heavy atom. The second kappa shape index (κ2) is 11.8. The number of para-hydroxylation sites is 1. The van der Waals surface area contributed by atoms with Gasteiger partial charge in [-0.1, -0.05) is 37.9 Å². The molecule has 0 bridgehead atoms. The molecule has 0 amide bonds. The van der Waals surface area contributed by atoms with Crippen molar-refractivity contribution in [2.45, 2.75) is 45.3 Å². The van der Waals surface area contributed by atoms with Gasteiger partial charge in [0.15, 0.2) is 6.10 Å². The van der Waals surface area contributed by atoms with E-state index in [2.05, 4.69) is 19.7 Å². The first-order valence-corrected chi connectivity index (χ1v) is 11.1. The molecule has 2 aromatic rings. The first kappa shape index (κ1) is 29.2. The van der Waals surface area contributed by atoms with Crippen molar-refractivity contribution in [1.29, 1.82) is 0 Å². The first-order chi connectivity index (χ1) is 17.2. The van der Waals surface area contributed by atoms with E-state index in [1.807, 2.05) is 0 Å². The number of ether oxygens (including phenoxy) is 3. The maximum Gasteiger partial charge on any atom is 0.454 e. The summed E-state index contributed by atoms with van der Waals surface area (Å²) in [6.07, 6.45) is -0.859. The number of benzene rings is 1. The fraction of sp³-hybridized carbons (Fsp3) is 0.308. The van der Waals surface area contributed by atoms with E-state index < -0.39 is 42.6 Å². The SMILES string of the molecule is C=C(C)C(=O)OC(OC(=O)C(=C)C)(OC(=O)C(N)Cc1cn(C(=O)C(=C)C)c2ccccc12)C(O)CO. The third-order valence-corrected chi connectivity index (χ3v) is 5.11. The zero-order chi connectivity index (χ0) is 28.1. The van der Waals surface area contributed by atoms with Crippen molar-refractivity contribution in [3.63, 3.8) is 0 Å². The summed E-state index contributed by atoms with van der Waals surface area (Å²) >= 11 is 0. The Hall–Kier alpha value is -4.06. The first-order valence-electron chi connectivity index (χ1n) is 11.1. The Balaban J connectivity index is 2.44. The summed E-state index contributed by atoms with van der Waals surface area (Å²) in [7, 11) is 0. The van der Waals surface area contributed by atoms with Crippen LogP contribution in [0.25, 0.3) is 10.9 Å². The molecule has 4 N–H and O–H groups in total. The number of nitrogens with zero attached hydrogens (tertiary/aromatic N) is 1. The summed E-state index contributed by atoms with van der Waals surface area (Å²) in [5, 5.41) is 20.5. The van der Waals surface area contributed by atoms with Gasteiger partial charge in [-0.05, 0) is 32.4 Å². The number of aromatic nitrogens is 1. The van der Waals surface area contributed by atoms with Crippen molar-refractivity contribution in [2.75, 3.05) is 6.61 Å². The largest absolute Gasteiger partial charge is 0.454 e. The van der Waals surface area contributed by atoms with Crippen LogP contribution in [0, 0.1) is 0 Å². The van der Waals surface area contributed by atoms with E-state index in [1.165, 1.54) is 24.6 Å². The predicted octanol–water partition coefficient (Wildman–Crippen LogP) is 1.52. The lowest BCUT2D eigenvalue weighted by molar-refractivity contribution is -0.364. The average molecular weight is 515 g/mol. The summed E-state index contributed by atoms with van der Waals surface area (Å²) in [6.45, 7) is 13.4. The number of nitrogens with two attached hydrogens (primary N) is 1. The second-order valence-electron chi connectivity index (χ2n) is 8.50. The van der Waals surface area contributed by atoms with E-state index in [9.17, 15) is 29.4 Å². The molecule has 2 atom stereocenters. The molecule has 0 aliphatic rings. The summed E-state index contributed by atoms with van der Waals surface area (Å²) in [5.41, 5.74) is 7.05. The maximum atomic E-state index is 13.0. The van der Waals surface area contributed by atoms with Gasteiger partial charge in [0.05, 0.1) is 12.1 Å². The zero-order valence-electron chi connectivity index (χ0n) is 20.9. The van der Waals surface area contributed by atoms with Crippen molar-refractivity contribution in [3.05, 3.63) is 72.5 Å². The minimum Gasteiger partial charge on any atom is -0.393 e. The Labute approximate surface area is 213 Å². The monoisotopic (exact) mass is 514 g/mol. The third-order valence-electron chi connectivity index (χ3n) is 5.11. The second-order valence-corrected chi connectivity index (χ2v) is 8.50. The predicted molar refractivity (Wildman–Crippen MR) is 133 cm³/mol. The molecule has 0 aliphatic carbocycles. The number of esters is 3. The number of hydrogen-bond donors (Lipinski definition) is 3. The standard InChI is InChI=1S/C26H30N2O9/c1-14(2)22(31)28-12-17(18-9-7-8-10-20(18)28)11-19(27)25(34)37-26(21(30)13-29,35-23(32)15(3)4)36-24(33)16(5)6/h7-10,12,19,21,29-30H,1,3,5,11,13,27H2,2,4,6H3. The molecule has 0 fully saturated rings. The molecule has 1 aromatic carbocycles. The minimum atomic E-state index is -3.08. The van der Waals surface area contributed by atoms with E-state index in [0.717, 1.165) is 0 Å². The van der Waals surface area contributed by atoms with Gasteiger partial charge in [-0.3, -0.25) is 14.2 Å².